The van der Waals surface area contributed by atoms with Crippen molar-refractivity contribution < 1.29 is 39.4 Å². The summed E-state index contributed by atoms with van der Waals surface area (Å²) in [6, 6.07) is 0. The van der Waals surface area contributed by atoms with Gasteiger partial charge in [-0.3, -0.25) is 0 Å². The largest absolute Gasteiger partial charge is 0.393 e. The third-order valence-electron chi connectivity index (χ3n) is 14.6. The van der Waals surface area contributed by atoms with Crippen LogP contribution in [-0.2, 0) is 18.9 Å². The van der Waals surface area contributed by atoms with Crippen LogP contribution < -0.4 is 0 Å². The van der Waals surface area contributed by atoms with Crippen molar-refractivity contribution in [2.24, 2.45) is 50.7 Å². The summed E-state index contributed by atoms with van der Waals surface area (Å²) in [6.07, 6.45) is 3.11. The van der Waals surface area contributed by atoms with Crippen LogP contribution in [0, 0.1) is 50.7 Å². The first kappa shape index (κ1) is 28.5. The summed E-state index contributed by atoms with van der Waals surface area (Å²) < 4.78 is 24.3. The van der Waals surface area contributed by atoms with Gasteiger partial charge in [-0.1, -0.05) is 34.6 Å². The predicted molar refractivity (Wildman–Crippen MR) is 146 cm³/mol. The maximum Gasteiger partial charge on any atom is 0.186 e. The van der Waals surface area contributed by atoms with Gasteiger partial charge in [0, 0.05) is 13.5 Å². The zero-order valence-corrected chi connectivity index (χ0v) is 25.2. The van der Waals surface area contributed by atoms with Crippen molar-refractivity contribution in [3.8, 4) is 0 Å². The maximum atomic E-state index is 12.1. The predicted octanol–water partition coefficient (Wildman–Crippen LogP) is 3.23. The fraction of sp³-hybridized carbons (Fsp3) is 1.00. The average molecular weight is 565 g/mol. The van der Waals surface area contributed by atoms with E-state index in [4.69, 9.17) is 18.9 Å². The highest BCUT2D eigenvalue weighted by Crippen LogP contribution is 2.89. The number of methoxy groups -OCH3 is 1. The molecule has 16 atom stereocenters. The Balaban J connectivity index is 1.16. The number of hydrogen-bond donors (Lipinski definition) is 4. The second kappa shape index (κ2) is 8.87. The molecule has 40 heavy (non-hydrogen) atoms. The number of aliphatic hydroxyl groups excluding tert-OH is 4. The van der Waals surface area contributed by atoms with Crippen LogP contribution in [0.15, 0.2) is 0 Å². The summed E-state index contributed by atoms with van der Waals surface area (Å²) in [6.45, 7) is 11.9. The van der Waals surface area contributed by atoms with E-state index in [0.717, 1.165) is 32.1 Å². The molecule has 228 valence electrons. The molecule has 4 N–H and O–H groups in total. The van der Waals surface area contributed by atoms with Crippen LogP contribution in [0.4, 0.5) is 0 Å². The lowest BCUT2D eigenvalue weighted by Crippen LogP contribution is -2.63. The first-order valence-corrected chi connectivity index (χ1v) is 15.9. The lowest BCUT2D eigenvalue weighted by Gasteiger charge is -2.64. The van der Waals surface area contributed by atoms with E-state index in [0.29, 0.717) is 17.8 Å². The number of rotatable bonds is 3. The molecule has 0 aromatic heterocycles. The van der Waals surface area contributed by atoms with Crippen molar-refractivity contribution in [2.45, 2.75) is 135 Å². The molecule has 0 unspecified atom stereocenters. The Bertz CT molecular complexity index is 1020. The third-order valence-corrected chi connectivity index (χ3v) is 14.6. The molecule has 5 saturated carbocycles. The second-order valence-corrected chi connectivity index (χ2v) is 16.2. The minimum atomic E-state index is -1.30. The first-order chi connectivity index (χ1) is 18.8. The molecule has 7 rings (SSSR count). The topological polar surface area (TPSA) is 118 Å². The van der Waals surface area contributed by atoms with Crippen LogP contribution in [0.5, 0.6) is 0 Å². The summed E-state index contributed by atoms with van der Waals surface area (Å²) in [4.78, 5) is 0. The van der Waals surface area contributed by atoms with Gasteiger partial charge in [0.2, 0.25) is 0 Å². The van der Waals surface area contributed by atoms with E-state index in [1.165, 1.54) is 19.3 Å². The molecule has 8 nitrogen and oxygen atoms in total. The fourth-order valence-corrected chi connectivity index (χ4v) is 12.8. The van der Waals surface area contributed by atoms with E-state index in [2.05, 4.69) is 34.6 Å². The van der Waals surface area contributed by atoms with Crippen molar-refractivity contribution in [3.63, 3.8) is 0 Å². The summed E-state index contributed by atoms with van der Waals surface area (Å²) in [5.41, 5.74) is 0.343. The Morgan fingerprint density at radius 1 is 0.850 bits per heavy atom. The van der Waals surface area contributed by atoms with Crippen LogP contribution in [0.1, 0.15) is 86.0 Å². The van der Waals surface area contributed by atoms with Crippen molar-refractivity contribution in [1.29, 1.82) is 0 Å². The molecule has 0 bridgehead atoms. The number of hydrogen-bond acceptors (Lipinski definition) is 8. The summed E-state index contributed by atoms with van der Waals surface area (Å²) >= 11 is 0. The third kappa shape index (κ3) is 3.37. The second-order valence-electron chi connectivity index (χ2n) is 16.2. The Morgan fingerprint density at radius 3 is 2.33 bits per heavy atom. The van der Waals surface area contributed by atoms with Crippen LogP contribution in [-0.4, -0.2) is 83.3 Å². The molecule has 7 aliphatic rings. The Morgan fingerprint density at radius 2 is 1.60 bits per heavy atom. The lowest BCUT2D eigenvalue weighted by molar-refractivity contribution is -0.306. The molecule has 2 aliphatic heterocycles. The summed E-state index contributed by atoms with van der Waals surface area (Å²) in [5.74, 6) is 1.67. The zero-order valence-electron chi connectivity index (χ0n) is 25.2. The lowest BCUT2D eigenvalue weighted by atomic mass is 9.41. The van der Waals surface area contributed by atoms with Crippen molar-refractivity contribution >= 4 is 0 Å². The standard InChI is InChI=1S/C32H52O8/c1-16-11-22(37-6)39-19-13-30(5)20-12-17(33)26-28(2,3)21(40-27-25(36)24(35)18(34)14-38-27)7-8-32(26)15-31(20,32)10-9-29(30,4)23(16)19/h16-27,33-36H,7-15H2,1-6H3/t16-,17+,18-,19+,20+,21+,22-,23+,24-,25-,26+,27+,29-,30+,31+,32-/m1/s1. The van der Waals surface area contributed by atoms with E-state index in [-0.39, 0.29) is 58.1 Å². The van der Waals surface area contributed by atoms with Gasteiger partial charge in [-0.05, 0) is 95.7 Å². The Kier molecular flexibility index (Phi) is 6.31. The van der Waals surface area contributed by atoms with Crippen LogP contribution in [0.3, 0.4) is 0 Å². The minimum Gasteiger partial charge on any atom is -0.393 e. The monoisotopic (exact) mass is 564 g/mol. The molecule has 7 fully saturated rings. The molecule has 2 heterocycles. The fourth-order valence-electron chi connectivity index (χ4n) is 12.8. The van der Waals surface area contributed by atoms with Crippen molar-refractivity contribution in [3.05, 3.63) is 0 Å². The van der Waals surface area contributed by atoms with E-state index in [9.17, 15) is 20.4 Å². The van der Waals surface area contributed by atoms with Crippen LogP contribution in [0.2, 0.25) is 0 Å². The molecule has 5 aliphatic carbocycles. The van der Waals surface area contributed by atoms with Crippen LogP contribution in [0.25, 0.3) is 0 Å². The highest BCUT2D eigenvalue weighted by molar-refractivity contribution is 5.32. The van der Waals surface area contributed by atoms with Gasteiger partial charge in [0.25, 0.3) is 0 Å². The first-order valence-electron chi connectivity index (χ1n) is 15.9. The van der Waals surface area contributed by atoms with Gasteiger partial charge in [0.05, 0.1) is 24.9 Å². The van der Waals surface area contributed by atoms with Gasteiger partial charge in [-0.15, -0.1) is 0 Å². The van der Waals surface area contributed by atoms with Gasteiger partial charge in [-0.25, -0.2) is 0 Å². The molecule has 2 spiro atoms. The van der Waals surface area contributed by atoms with Crippen molar-refractivity contribution in [1.82, 2.24) is 0 Å². The molecular weight excluding hydrogens is 512 g/mol. The van der Waals surface area contributed by atoms with Gasteiger partial charge in [0.1, 0.15) is 18.3 Å². The molecule has 8 heteroatoms. The van der Waals surface area contributed by atoms with E-state index in [1.807, 2.05) is 0 Å². The number of aliphatic hydroxyl groups is 4. The van der Waals surface area contributed by atoms with Crippen molar-refractivity contribution in [2.75, 3.05) is 13.7 Å². The highest BCUT2D eigenvalue weighted by Gasteiger charge is 2.84. The smallest absolute Gasteiger partial charge is 0.186 e. The molecule has 0 amide bonds. The molecule has 2 saturated heterocycles. The SMILES string of the molecule is CO[C@H]1C[C@@H](C)[C@H]2[C@H](C[C@@]3(C)[C@@H]4C[C@H](O)[C@H]5C(C)(C)[C@@H](O[C@@H]6OC[C@@H](O)[C@@H](O)[C@H]6O)CC[C@@]56C[C@@]46CC[C@]23C)O1. The maximum absolute atomic E-state index is 12.1. The van der Waals surface area contributed by atoms with Gasteiger partial charge >= 0.3 is 0 Å². The minimum absolute atomic E-state index is 0.0659. The van der Waals surface area contributed by atoms with E-state index in [1.54, 1.807) is 7.11 Å². The summed E-state index contributed by atoms with van der Waals surface area (Å²) in [5, 5.41) is 42.7. The normalized spacial score (nSPS) is 62.0. The molecule has 0 radical (unpaired) electrons. The highest BCUT2D eigenvalue weighted by atomic mass is 16.7. The van der Waals surface area contributed by atoms with E-state index >= 15 is 0 Å². The van der Waals surface area contributed by atoms with Crippen LogP contribution >= 0.6 is 0 Å². The number of ether oxygens (including phenoxy) is 4. The van der Waals surface area contributed by atoms with Gasteiger partial charge < -0.3 is 39.4 Å². The van der Waals surface area contributed by atoms with E-state index < -0.39 is 30.7 Å². The van der Waals surface area contributed by atoms with Gasteiger partial charge in [-0.2, -0.15) is 0 Å². The molecular formula is C32H52O8. The summed E-state index contributed by atoms with van der Waals surface area (Å²) in [7, 11) is 1.76. The number of fused-ring (bicyclic) bond motifs is 4. The molecule has 0 aromatic carbocycles. The Labute approximate surface area is 239 Å². The zero-order chi connectivity index (χ0) is 28.6. The quantitative estimate of drug-likeness (QED) is 0.386. The van der Waals surface area contributed by atoms with Gasteiger partial charge in [0.15, 0.2) is 12.6 Å². The molecule has 0 aromatic rings. The average Bonchev–Trinajstić information content (AvgIpc) is 3.47. The Hall–Kier alpha value is -0.320.